The highest BCUT2D eigenvalue weighted by Gasteiger charge is 2.26. The summed E-state index contributed by atoms with van der Waals surface area (Å²) in [5.74, 6) is 1.43. The molecule has 5 heteroatoms. The monoisotopic (exact) mass is 338 g/mol. The Morgan fingerprint density at radius 3 is 2.96 bits per heavy atom. The zero-order valence-electron chi connectivity index (χ0n) is 13.8. The molecule has 1 unspecified atom stereocenters. The van der Waals surface area contributed by atoms with Gasteiger partial charge in [0.25, 0.3) is 0 Å². The molecule has 2 aliphatic heterocycles. The SMILES string of the molecule is Fc1ccc2[nH]c3c(c2c1)CN(CC1COc2ccccc2O1)CC3. The van der Waals surface area contributed by atoms with Crippen LogP contribution in [-0.4, -0.2) is 35.7 Å². The predicted molar refractivity (Wildman–Crippen MR) is 93.6 cm³/mol. The van der Waals surface area contributed by atoms with Crippen molar-refractivity contribution in [2.45, 2.75) is 19.1 Å². The quantitative estimate of drug-likeness (QED) is 0.777. The summed E-state index contributed by atoms with van der Waals surface area (Å²) in [5.41, 5.74) is 3.44. The van der Waals surface area contributed by atoms with Crippen LogP contribution in [0.1, 0.15) is 11.3 Å². The number of benzene rings is 2. The molecular weight excluding hydrogens is 319 g/mol. The van der Waals surface area contributed by atoms with E-state index in [4.69, 9.17) is 9.47 Å². The maximum atomic E-state index is 13.6. The van der Waals surface area contributed by atoms with Gasteiger partial charge in [0, 0.05) is 42.7 Å². The Balaban J connectivity index is 1.34. The summed E-state index contributed by atoms with van der Waals surface area (Å²) in [4.78, 5) is 5.79. The molecular formula is C20H19FN2O2. The number of aromatic nitrogens is 1. The second-order valence-electron chi connectivity index (χ2n) is 6.75. The van der Waals surface area contributed by atoms with Crippen LogP contribution >= 0.6 is 0 Å². The van der Waals surface area contributed by atoms with Gasteiger partial charge in [-0.1, -0.05) is 12.1 Å². The molecule has 3 heterocycles. The van der Waals surface area contributed by atoms with Crippen molar-refractivity contribution in [2.75, 3.05) is 19.7 Å². The third kappa shape index (κ3) is 2.65. The number of para-hydroxylation sites is 2. The lowest BCUT2D eigenvalue weighted by molar-refractivity contribution is 0.0550. The Kier molecular flexibility index (Phi) is 3.41. The van der Waals surface area contributed by atoms with E-state index < -0.39 is 0 Å². The van der Waals surface area contributed by atoms with Gasteiger partial charge >= 0.3 is 0 Å². The molecule has 4 nitrogen and oxygen atoms in total. The fraction of sp³-hybridized carbons (Fsp3) is 0.300. The maximum Gasteiger partial charge on any atom is 0.161 e. The molecule has 25 heavy (non-hydrogen) atoms. The molecule has 5 rings (SSSR count). The minimum Gasteiger partial charge on any atom is -0.486 e. The van der Waals surface area contributed by atoms with Crippen LogP contribution in [0.5, 0.6) is 11.5 Å². The Morgan fingerprint density at radius 1 is 1.16 bits per heavy atom. The van der Waals surface area contributed by atoms with E-state index in [1.165, 1.54) is 17.3 Å². The number of H-pyrrole nitrogens is 1. The first-order chi connectivity index (χ1) is 12.3. The van der Waals surface area contributed by atoms with Crippen molar-refractivity contribution < 1.29 is 13.9 Å². The lowest BCUT2D eigenvalue weighted by Gasteiger charge is -2.33. The van der Waals surface area contributed by atoms with Crippen LogP contribution in [0.25, 0.3) is 10.9 Å². The third-order valence-electron chi connectivity index (χ3n) is 5.05. The zero-order valence-corrected chi connectivity index (χ0v) is 13.8. The van der Waals surface area contributed by atoms with Crippen molar-refractivity contribution in [1.82, 2.24) is 9.88 Å². The summed E-state index contributed by atoms with van der Waals surface area (Å²) < 4.78 is 25.5. The fourth-order valence-corrected chi connectivity index (χ4v) is 3.84. The van der Waals surface area contributed by atoms with Crippen molar-refractivity contribution in [1.29, 1.82) is 0 Å². The molecule has 0 saturated carbocycles. The number of rotatable bonds is 2. The Hall–Kier alpha value is -2.53. The Labute approximate surface area is 145 Å². The molecule has 0 fully saturated rings. The number of halogens is 1. The lowest BCUT2D eigenvalue weighted by atomic mass is 10.0. The molecule has 0 bridgehead atoms. The predicted octanol–water partition coefficient (Wildman–Crippen LogP) is 3.51. The Bertz CT molecular complexity index is 937. The lowest BCUT2D eigenvalue weighted by Crippen LogP contribution is -2.42. The van der Waals surface area contributed by atoms with E-state index in [0.717, 1.165) is 48.5 Å². The number of nitrogens with zero attached hydrogens (tertiary/aromatic N) is 1. The molecule has 1 atom stereocenters. The van der Waals surface area contributed by atoms with E-state index in [9.17, 15) is 4.39 Å². The highest BCUT2D eigenvalue weighted by molar-refractivity contribution is 5.84. The molecule has 128 valence electrons. The van der Waals surface area contributed by atoms with Crippen molar-refractivity contribution in [3.8, 4) is 11.5 Å². The second-order valence-corrected chi connectivity index (χ2v) is 6.75. The number of aromatic amines is 1. The first kappa shape index (κ1) is 14.8. The molecule has 2 aromatic carbocycles. The standard InChI is InChI=1S/C20H19FN2O2/c21-13-5-6-17-15(9-13)16-11-23(8-7-18(16)22-17)10-14-12-24-19-3-1-2-4-20(19)25-14/h1-6,9,14,22H,7-8,10-12H2. The summed E-state index contributed by atoms with van der Waals surface area (Å²) in [6, 6.07) is 12.7. The van der Waals surface area contributed by atoms with Crippen LogP contribution in [0.2, 0.25) is 0 Å². The third-order valence-corrected chi connectivity index (χ3v) is 5.05. The molecule has 0 saturated heterocycles. The van der Waals surface area contributed by atoms with Crippen molar-refractivity contribution >= 4 is 10.9 Å². The number of nitrogens with one attached hydrogen (secondary N) is 1. The van der Waals surface area contributed by atoms with Crippen LogP contribution in [0.15, 0.2) is 42.5 Å². The van der Waals surface area contributed by atoms with Crippen molar-refractivity contribution in [3.63, 3.8) is 0 Å². The molecule has 1 N–H and O–H groups in total. The van der Waals surface area contributed by atoms with Gasteiger partial charge in [-0.25, -0.2) is 4.39 Å². The smallest absolute Gasteiger partial charge is 0.161 e. The molecule has 0 radical (unpaired) electrons. The molecule has 0 spiro atoms. The first-order valence-electron chi connectivity index (χ1n) is 8.66. The van der Waals surface area contributed by atoms with Gasteiger partial charge in [0.2, 0.25) is 0 Å². The van der Waals surface area contributed by atoms with Gasteiger partial charge in [0.05, 0.1) is 0 Å². The first-order valence-corrected chi connectivity index (χ1v) is 8.66. The molecule has 1 aromatic heterocycles. The van der Waals surface area contributed by atoms with Gasteiger partial charge in [-0.3, -0.25) is 4.90 Å². The highest BCUT2D eigenvalue weighted by atomic mass is 19.1. The average Bonchev–Trinajstić information content (AvgIpc) is 2.99. The summed E-state index contributed by atoms with van der Waals surface area (Å²) in [6.07, 6.45) is 0.953. The summed E-state index contributed by atoms with van der Waals surface area (Å²) in [5, 5.41) is 0.992. The number of hydrogen-bond donors (Lipinski definition) is 1. The van der Waals surface area contributed by atoms with Crippen LogP contribution in [-0.2, 0) is 13.0 Å². The number of fused-ring (bicyclic) bond motifs is 4. The van der Waals surface area contributed by atoms with Gasteiger partial charge in [-0.15, -0.1) is 0 Å². The molecule has 0 aliphatic carbocycles. The van der Waals surface area contributed by atoms with Crippen molar-refractivity contribution in [2.24, 2.45) is 0 Å². The van der Waals surface area contributed by atoms with E-state index in [0.29, 0.717) is 6.61 Å². The average molecular weight is 338 g/mol. The molecule has 2 aliphatic rings. The highest BCUT2D eigenvalue weighted by Crippen LogP contribution is 2.32. The van der Waals surface area contributed by atoms with Crippen LogP contribution in [0.3, 0.4) is 0 Å². The van der Waals surface area contributed by atoms with E-state index >= 15 is 0 Å². The topological polar surface area (TPSA) is 37.5 Å². The van der Waals surface area contributed by atoms with E-state index in [1.54, 1.807) is 6.07 Å². The summed E-state index contributed by atoms with van der Waals surface area (Å²) in [6.45, 7) is 3.13. The van der Waals surface area contributed by atoms with Gasteiger partial charge in [0.15, 0.2) is 11.5 Å². The van der Waals surface area contributed by atoms with Gasteiger partial charge in [-0.2, -0.15) is 0 Å². The second kappa shape index (κ2) is 5.77. The zero-order chi connectivity index (χ0) is 16.8. The number of ether oxygens (including phenoxy) is 2. The van der Waals surface area contributed by atoms with E-state index in [-0.39, 0.29) is 11.9 Å². The minimum absolute atomic E-state index is 0.0124. The van der Waals surface area contributed by atoms with Crippen LogP contribution < -0.4 is 9.47 Å². The van der Waals surface area contributed by atoms with E-state index in [1.807, 2.05) is 30.3 Å². The largest absolute Gasteiger partial charge is 0.486 e. The Morgan fingerprint density at radius 2 is 2.04 bits per heavy atom. The van der Waals surface area contributed by atoms with Gasteiger partial charge < -0.3 is 14.5 Å². The van der Waals surface area contributed by atoms with Gasteiger partial charge in [0.1, 0.15) is 18.5 Å². The summed E-state index contributed by atoms with van der Waals surface area (Å²) in [7, 11) is 0. The molecule has 3 aromatic rings. The summed E-state index contributed by atoms with van der Waals surface area (Å²) >= 11 is 0. The van der Waals surface area contributed by atoms with Gasteiger partial charge in [-0.05, 0) is 35.9 Å². The van der Waals surface area contributed by atoms with Crippen LogP contribution in [0.4, 0.5) is 4.39 Å². The van der Waals surface area contributed by atoms with E-state index in [2.05, 4.69) is 9.88 Å². The van der Waals surface area contributed by atoms with Crippen LogP contribution in [0, 0.1) is 5.82 Å². The number of hydrogen-bond acceptors (Lipinski definition) is 3. The molecule has 0 amide bonds. The maximum absolute atomic E-state index is 13.6. The van der Waals surface area contributed by atoms with Crippen molar-refractivity contribution in [3.05, 3.63) is 59.5 Å². The minimum atomic E-state index is -0.188. The normalized spacial score (nSPS) is 19.8. The fourth-order valence-electron chi connectivity index (χ4n) is 3.84.